The van der Waals surface area contributed by atoms with Crippen LogP contribution in [0.5, 0.6) is 0 Å². The topological polar surface area (TPSA) is 181 Å². The van der Waals surface area contributed by atoms with Crippen LogP contribution in [-0.2, 0) is 30.3 Å². The average Bonchev–Trinajstić information content (AvgIpc) is 3.22. The number of benzodiazepines with no additional fused rings is 1. The summed E-state index contributed by atoms with van der Waals surface area (Å²) in [5.41, 5.74) is 7.05. The minimum atomic E-state index is -4.78. The number of nitrogens with two attached hydrogens (primary N) is 1. The molecule has 3 unspecified atom stereocenters. The number of primary amides is 1. The third kappa shape index (κ3) is 12.1. The predicted molar refractivity (Wildman–Crippen MR) is 182 cm³/mol. The van der Waals surface area contributed by atoms with E-state index in [1.165, 1.54) is 30.3 Å². The van der Waals surface area contributed by atoms with Gasteiger partial charge in [0.15, 0.2) is 6.73 Å². The van der Waals surface area contributed by atoms with Gasteiger partial charge in [-0.05, 0) is 43.0 Å². The highest BCUT2D eigenvalue weighted by Gasteiger charge is 2.40. The number of rotatable bonds is 16. The molecule has 0 saturated heterocycles. The number of amides is 3. The third-order valence-electron chi connectivity index (χ3n) is 8.30. The molecule has 290 valence electrons. The van der Waals surface area contributed by atoms with E-state index in [0.717, 1.165) is 4.90 Å². The lowest BCUT2D eigenvalue weighted by atomic mass is 9.83. The van der Waals surface area contributed by atoms with Crippen LogP contribution in [0.3, 0.4) is 0 Å². The molecule has 1 aliphatic heterocycles. The van der Waals surface area contributed by atoms with Crippen molar-refractivity contribution in [3.63, 3.8) is 0 Å². The number of nitrogens with one attached hydrogen (secondary N) is 1. The van der Waals surface area contributed by atoms with Gasteiger partial charge < -0.3 is 30.1 Å². The Kier molecular flexibility index (Phi) is 14.3. The molecular formula is C35H35F6N4O8P. The zero-order valence-electron chi connectivity index (χ0n) is 28.2. The number of alkyl halides is 6. The number of aliphatic imine (C=N–C) groups is 1. The molecule has 0 fully saturated rings. The highest BCUT2D eigenvalue weighted by Crippen LogP contribution is 2.33. The van der Waals surface area contributed by atoms with Gasteiger partial charge in [-0.25, -0.2) is 9.79 Å². The minimum Gasteiger partial charge on any atom is -0.440 e. The number of halogens is 6. The highest BCUT2D eigenvalue weighted by atomic mass is 31.2. The van der Waals surface area contributed by atoms with Crippen molar-refractivity contribution < 1.29 is 64.6 Å². The van der Waals surface area contributed by atoms with Crippen molar-refractivity contribution in [2.45, 2.75) is 57.2 Å². The van der Waals surface area contributed by atoms with Crippen LogP contribution in [0.4, 0.5) is 32.0 Å². The van der Waals surface area contributed by atoms with Gasteiger partial charge in [0.25, 0.3) is 5.91 Å². The largest absolute Gasteiger partial charge is 0.440 e. The summed E-state index contributed by atoms with van der Waals surface area (Å²) in [7, 11) is -2.60. The number of benzene rings is 3. The van der Waals surface area contributed by atoms with Gasteiger partial charge >= 0.3 is 26.9 Å². The molecule has 3 aromatic carbocycles. The van der Waals surface area contributed by atoms with Gasteiger partial charge in [-0.1, -0.05) is 60.7 Å². The molecule has 0 radical (unpaired) electrons. The summed E-state index contributed by atoms with van der Waals surface area (Å²) in [5, 5.41) is 2.32. The van der Waals surface area contributed by atoms with E-state index in [9.17, 15) is 45.5 Å². The van der Waals surface area contributed by atoms with E-state index < -0.39 is 101 Å². The fourth-order valence-electron chi connectivity index (χ4n) is 5.70. The Morgan fingerprint density at radius 1 is 0.870 bits per heavy atom. The molecule has 3 aromatic rings. The summed E-state index contributed by atoms with van der Waals surface area (Å²) in [6.45, 7) is -0.900. The molecule has 3 amide bonds. The summed E-state index contributed by atoms with van der Waals surface area (Å²) in [6.07, 6.45) is -16.7. The van der Waals surface area contributed by atoms with E-state index in [0.29, 0.717) is 16.7 Å². The van der Waals surface area contributed by atoms with E-state index in [1.54, 1.807) is 48.5 Å². The highest BCUT2D eigenvalue weighted by molar-refractivity contribution is 7.39. The lowest BCUT2D eigenvalue weighted by Crippen LogP contribution is -2.51. The number of carbonyl (C=O) groups excluding carboxylic acids is 4. The van der Waals surface area contributed by atoms with Gasteiger partial charge in [0, 0.05) is 35.8 Å². The molecule has 3 atom stereocenters. The number of para-hydroxylation sites is 1. The number of ether oxygens (including phenoxy) is 1. The molecule has 4 rings (SSSR count). The maximum atomic E-state index is 14.2. The Labute approximate surface area is 306 Å². The van der Waals surface area contributed by atoms with E-state index in [-0.39, 0.29) is 23.6 Å². The Morgan fingerprint density at radius 2 is 1.50 bits per heavy atom. The third-order valence-corrected chi connectivity index (χ3v) is 8.66. The number of fused-ring (bicyclic) bond motifs is 1. The lowest BCUT2D eigenvalue weighted by molar-refractivity contribution is -0.147. The van der Waals surface area contributed by atoms with Crippen molar-refractivity contribution in [3.05, 3.63) is 101 Å². The SMILES string of the molecule is NC(=O)C(CCC(F)(F)F)C(CCCC(F)(F)F)C(=O)NC1N=C(c2ccccc2)c2ccccc2N(COC(=O)c2ccc(COP(O)O)cc2)C1=O. The Bertz CT molecular complexity index is 1810. The minimum absolute atomic E-state index is 0.0358. The second kappa shape index (κ2) is 18.4. The van der Waals surface area contributed by atoms with Crippen LogP contribution in [0, 0.1) is 11.8 Å². The van der Waals surface area contributed by atoms with E-state index in [1.807, 2.05) is 0 Å². The number of carbonyl (C=O) groups is 4. The lowest BCUT2D eigenvalue weighted by Gasteiger charge is -2.28. The zero-order valence-corrected chi connectivity index (χ0v) is 29.1. The van der Waals surface area contributed by atoms with Crippen molar-refractivity contribution in [2.24, 2.45) is 22.6 Å². The van der Waals surface area contributed by atoms with E-state index in [2.05, 4.69) is 10.3 Å². The quantitative estimate of drug-likeness (QED) is 0.0818. The van der Waals surface area contributed by atoms with Crippen LogP contribution >= 0.6 is 8.60 Å². The molecular weight excluding hydrogens is 749 g/mol. The number of nitrogens with zero attached hydrogens (tertiary/aromatic N) is 2. The molecule has 5 N–H and O–H groups in total. The average molecular weight is 785 g/mol. The van der Waals surface area contributed by atoms with Crippen LogP contribution in [0.1, 0.15) is 59.2 Å². The first kappa shape index (κ1) is 41.9. The van der Waals surface area contributed by atoms with Crippen molar-refractivity contribution in [1.29, 1.82) is 0 Å². The van der Waals surface area contributed by atoms with Gasteiger partial charge in [0.1, 0.15) is 0 Å². The summed E-state index contributed by atoms with van der Waals surface area (Å²) in [6, 6.07) is 20.3. The molecule has 0 saturated carbocycles. The predicted octanol–water partition coefficient (Wildman–Crippen LogP) is 5.65. The summed E-state index contributed by atoms with van der Waals surface area (Å²) < 4.78 is 89.0. The first-order valence-corrected chi connectivity index (χ1v) is 17.4. The van der Waals surface area contributed by atoms with Crippen LogP contribution in [0.25, 0.3) is 0 Å². The Balaban J connectivity index is 1.69. The van der Waals surface area contributed by atoms with Gasteiger partial charge in [-0.2, -0.15) is 26.3 Å². The van der Waals surface area contributed by atoms with Gasteiger partial charge in [-0.3, -0.25) is 19.3 Å². The van der Waals surface area contributed by atoms with Gasteiger partial charge in [0.05, 0.1) is 23.6 Å². The summed E-state index contributed by atoms with van der Waals surface area (Å²) in [4.78, 5) is 77.0. The van der Waals surface area contributed by atoms with Crippen LogP contribution < -0.4 is 16.0 Å². The molecule has 12 nitrogen and oxygen atoms in total. The first-order chi connectivity index (χ1) is 25.4. The van der Waals surface area contributed by atoms with Gasteiger partial charge in [-0.15, -0.1) is 0 Å². The van der Waals surface area contributed by atoms with Crippen LogP contribution in [-0.4, -0.2) is 64.4 Å². The zero-order chi connectivity index (χ0) is 39.6. The van der Waals surface area contributed by atoms with Crippen LogP contribution in [0.15, 0.2) is 83.9 Å². The fraction of sp³-hybridized carbons (Fsp3) is 0.343. The molecule has 19 heteroatoms. The maximum Gasteiger partial charge on any atom is 0.389 e. The second-order valence-corrected chi connectivity index (χ2v) is 12.9. The summed E-state index contributed by atoms with van der Waals surface area (Å²) in [5.74, 6) is -8.12. The van der Waals surface area contributed by atoms with Crippen molar-refractivity contribution >= 4 is 43.7 Å². The normalized spacial score (nSPS) is 15.9. The van der Waals surface area contributed by atoms with Crippen molar-refractivity contribution in [2.75, 3.05) is 11.6 Å². The maximum absolute atomic E-state index is 14.2. The molecule has 0 aromatic heterocycles. The molecule has 1 aliphatic rings. The fourth-order valence-corrected chi connectivity index (χ4v) is 5.96. The summed E-state index contributed by atoms with van der Waals surface area (Å²) >= 11 is 0. The number of hydrogen-bond acceptors (Lipinski definition) is 9. The molecule has 54 heavy (non-hydrogen) atoms. The van der Waals surface area contributed by atoms with Crippen molar-refractivity contribution in [3.8, 4) is 0 Å². The van der Waals surface area contributed by atoms with Gasteiger partial charge in [0.2, 0.25) is 18.0 Å². The molecule has 0 spiro atoms. The first-order valence-electron chi connectivity index (χ1n) is 16.3. The second-order valence-electron chi connectivity index (χ2n) is 12.1. The number of esters is 1. The Hall–Kier alpha value is -4.90. The van der Waals surface area contributed by atoms with Crippen molar-refractivity contribution in [1.82, 2.24) is 5.32 Å². The Morgan fingerprint density at radius 3 is 2.11 bits per heavy atom. The number of hydrogen-bond donors (Lipinski definition) is 4. The number of anilines is 1. The standard InChI is InChI=1S/C35H35F6N4O8P/c36-34(37,38)17-6-10-25(24(29(42)46)16-18-35(39,40)41)31(47)44-30-32(48)45(20-52-33(49)23-14-12-21(13-15-23)19-53-54(50)51)27-11-5-4-9-26(27)28(43-30)22-7-2-1-3-8-22/h1-5,7-9,11-15,24-25,30,50-51H,6,10,16-20H2,(H2,42,46)(H,44,47). The monoisotopic (exact) mass is 784 g/mol. The molecule has 1 heterocycles. The van der Waals surface area contributed by atoms with Crippen LogP contribution in [0.2, 0.25) is 0 Å². The molecule has 0 bridgehead atoms. The molecule has 0 aliphatic carbocycles. The van der Waals surface area contributed by atoms with E-state index in [4.69, 9.17) is 24.8 Å². The van der Waals surface area contributed by atoms with E-state index >= 15 is 0 Å². The smallest absolute Gasteiger partial charge is 0.389 e.